The zero-order valence-corrected chi connectivity index (χ0v) is 12.5. The third-order valence-electron chi connectivity index (χ3n) is 3.90. The molecule has 0 spiro atoms. The Morgan fingerprint density at radius 2 is 2.24 bits per heavy atom. The van der Waals surface area contributed by atoms with E-state index in [1.165, 1.54) is 0 Å². The molecule has 2 atom stereocenters. The summed E-state index contributed by atoms with van der Waals surface area (Å²) < 4.78 is 13.1. The maximum Gasteiger partial charge on any atom is 0.130 e. The molecule has 0 radical (unpaired) electrons. The number of ether oxygens (including phenoxy) is 2. The third-order valence-corrected chi connectivity index (χ3v) is 3.90. The first-order valence-electron chi connectivity index (χ1n) is 7.17. The van der Waals surface area contributed by atoms with E-state index in [1.807, 2.05) is 31.4 Å². The molecule has 1 aliphatic heterocycles. The van der Waals surface area contributed by atoms with Crippen LogP contribution < -0.4 is 9.47 Å². The summed E-state index contributed by atoms with van der Waals surface area (Å²) in [4.78, 5) is 0. The number of fused-ring (bicyclic) bond motifs is 1. The quantitative estimate of drug-likeness (QED) is 0.943. The fourth-order valence-electron chi connectivity index (χ4n) is 2.84. The van der Waals surface area contributed by atoms with Crippen molar-refractivity contribution in [2.45, 2.75) is 32.0 Å². The van der Waals surface area contributed by atoms with E-state index in [0.717, 1.165) is 29.0 Å². The van der Waals surface area contributed by atoms with Crippen LogP contribution in [0.1, 0.15) is 42.4 Å². The molecule has 5 nitrogen and oxygen atoms in total. The molecule has 2 heterocycles. The second kappa shape index (κ2) is 5.41. The summed E-state index contributed by atoms with van der Waals surface area (Å²) in [5.74, 6) is 1.44. The molecular weight excluding hydrogens is 268 g/mol. The number of aliphatic hydroxyl groups is 1. The van der Waals surface area contributed by atoms with E-state index >= 15 is 0 Å². The van der Waals surface area contributed by atoms with E-state index in [0.29, 0.717) is 12.2 Å². The fraction of sp³-hybridized carbons (Fsp3) is 0.438. The molecule has 1 N–H and O–H groups in total. The van der Waals surface area contributed by atoms with Crippen LogP contribution in [-0.4, -0.2) is 22.0 Å². The van der Waals surface area contributed by atoms with Crippen LogP contribution in [0.25, 0.3) is 0 Å². The van der Waals surface area contributed by atoms with Gasteiger partial charge in [0.1, 0.15) is 17.6 Å². The Kier molecular flexibility index (Phi) is 3.59. The Morgan fingerprint density at radius 3 is 2.95 bits per heavy atom. The van der Waals surface area contributed by atoms with Gasteiger partial charge in [0.25, 0.3) is 0 Å². The van der Waals surface area contributed by atoms with Crippen LogP contribution in [0, 0.1) is 0 Å². The van der Waals surface area contributed by atoms with Crippen molar-refractivity contribution in [1.82, 2.24) is 9.78 Å². The molecule has 0 fully saturated rings. The zero-order chi connectivity index (χ0) is 15.0. The first-order valence-corrected chi connectivity index (χ1v) is 7.17. The van der Waals surface area contributed by atoms with Crippen LogP contribution in [-0.2, 0) is 13.5 Å². The number of methoxy groups -OCH3 is 1. The van der Waals surface area contributed by atoms with Gasteiger partial charge in [-0.2, -0.15) is 5.10 Å². The molecule has 5 heteroatoms. The van der Waals surface area contributed by atoms with Gasteiger partial charge in [-0.3, -0.25) is 4.68 Å². The predicted octanol–water partition coefficient (Wildman–Crippen LogP) is 2.55. The lowest BCUT2D eigenvalue weighted by atomic mass is 9.94. The van der Waals surface area contributed by atoms with E-state index in [4.69, 9.17) is 9.47 Å². The minimum atomic E-state index is -0.557. The molecule has 21 heavy (non-hydrogen) atoms. The monoisotopic (exact) mass is 288 g/mol. The Hall–Kier alpha value is -2.01. The van der Waals surface area contributed by atoms with Crippen molar-refractivity contribution in [2.24, 2.45) is 7.05 Å². The van der Waals surface area contributed by atoms with Gasteiger partial charge in [-0.1, -0.05) is 6.92 Å². The van der Waals surface area contributed by atoms with E-state index < -0.39 is 6.10 Å². The third kappa shape index (κ3) is 2.49. The molecular formula is C16H20N2O3. The summed E-state index contributed by atoms with van der Waals surface area (Å²) in [6.45, 7) is 2.07. The average molecular weight is 288 g/mol. The topological polar surface area (TPSA) is 56.5 Å². The van der Waals surface area contributed by atoms with Gasteiger partial charge in [0.15, 0.2) is 0 Å². The van der Waals surface area contributed by atoms with Crippen LogP contribution in [0.5, 0.6) is 11.5 Å². The average Bonchev–Trinajstić information content (AvgIpc) is 2.88. The smallest absolute Gasteiger partial charge is 0.130 e. The molecule has 1 unspecified atom stereocenters. The number of hydrogen-bond acceptors (Lipinski definition) is 4. The van der Waals surface area contributed by atoms with Crippen molar-refractivity contribution in [3.63, 3.8) is 0 Å². The van der Waals surface area contributed by atoms with Crippen LogP contribution in [0.4, 0.5) is 0 Å². The van der Waals surface area contributed by atoms with E-state index in [-0.39, 0.29) is 6.10 Å². The largest absolute Gasteiger partial charge is 0.497 e. The lowest BCUT2D eigenvalue weighted by molar-refractivity contribution is 0.0650. The van der Waals surface area contributed by atoms with Crippen LogP contribution >= 0.6 is 0 Å². The van der Waals surface area contributed by atoms with Crippen molar-refractivity contribution in [3.05, 3.63) is 41.2 Å². The van der Waals surface area contributed by atoms with E-state index in [1.54, 1.807) is 11.8 Å². The highest BCUT2D eigenvalue weighted by molar-refractivity contribution is 5.44. The number of benzene rings is 1. The predicted molar refractivity (Wildman–Crippen MR) is 78.5 cm³/mol. The summed E-state index contributed by atoms with van der Waals surface area (Å²) >= 11 is 0. The van der Waals surface area contributed by atoms with Crippen molar-refractivity contribution in [1.29, 1.82) is 0 Å². The lowest BCUT2D eigenvalue weighted by Gasteiger charge is -2.29. The van der Waals surface area contributed by atoms with Gasteiger partial charge in [0.05, 0.1) is 18.9 Å². The molecule has 2 aromatic rings. The minimum absolute atomic E-state index is 0.162. The second-order valence-electron chi connectivity index (χ2n) is 5.32. The van der Waals surface area contributed by atoms with Gasteiger partial charge in [-0.05, 0) is 24.6 Å². The van der Waals surface area contributed by atoms with Gasteiger partial charge in [0.2, 0.25) is 0 Å². The molecule has 1 aromatic carbocycles. The van der Waals surface area contributed by atoms with Gasteiger partial charge in [0, 0.05) is 30.8 Å². The lowest BCUT2D eigenvalue weighted by Crippen LogP contribution is -2.19. The summed E-state index contributed by atoms with van der Waals surface area (Å²) in [6.07, 6.45) is 2.63. The maximum absolute atomic E-state index is 10.4. The van der Waals surface area contributed by atoms with Crippen molar-refractivity contribution in [2.75, 3.05) is 7.11 Å². The number of rotatable bonds is 3. The Labute approximate surface area is 124 Å². The summed E-state index contributed by atoms with van der Waals surface area (Å²) in [5, 5.41) is 14.9. The number of aliphatic hydroxyl groups excluding tert-OH is 1. The summed E-state index contributed by atoms with van der Waals surface area (Å²) in [7, 11) is 3.52. The highest BCUT2D eigenvalue weighted by atomic mass is 16.5. The Bertz CT molecular complexity index is 651. The van der Waals surface area contributed by atoms with E-state index in [2.05, 4.69) is 12.0 Å². The SMILES string of the molecule is CCc1nn(C)cc1C1C[C@H](O)c2cc(OC)ccc2O1. The normalized spacial score (nSPS) is 20.8. The number of aryl methyl sites for hydroxylation is 2. The fourth-order valence-corrected chi connectivity index (χ4v) is 2.84. The maximum atomic E-state index is 10.4. The van der Waals surface area contributed by atoms with Gasteiger partial charge in [-0.15, -0.1) is 0 Å². The zero-order valence-electron chi connectivity index (χ0n) is 12.5. The number of hydrogen-bond donors (Lipinski definition) is 1. The summed E-state index contributed by atoms with van der Waals surface area (Å²) in [5.41, 5.74) is 2.86. The highest BCUT2D eigenvalue weighted by Gasteiger charge is 2.30. The van der Waals surface area contributed by atoms with Gasteiger partial charge >= 0.3 is 0 Å². The highest BCUT2D eigenvalue weighted by Crippen LogP contribution is 2.42. The molecule has 0 aliphatic carbocycles. The first-order chi connectivity index (χ1) is 10.1. The van der Waals surface area contributed by atoms with Crippen molar-refractivity contribution >= 4 is 0 Å². The molecule has 0 saturated heterocycles. The molecule has 1 aromatic heterocycles. The Balaban J connectivity index is 1.94. The van der Waals surface area contributed by atoms with Gasteiger partial charge < -0.3 is 14.6 Å². The Morgan fingerprint density at radius 1 is 1.43 bits per heavy atom. The molecule has 1 aliphatic rings. The molecule has 112 valence electrons. The number of nitrogens with zero attached hydrogens (tertiary/aromatic N) is 2. The molecule has 0 bridgehead atoms. The molecule has 0 saturated carbocycles. The first kappa shape index (κ1) is 13.9. The van der Waals surface area contributed by atoms with E-state index in [9.17, 15) is 5.11 Å². The van der Waals surface area contributed by atoms with Crippen molar-refractivity contribution in [3.8, 4) is 11.5 Å². The number of aromatic nitrogens is 2. The molecule has 3 rings (SSSR count). The van der Waals surface area contributed by atoms with Crippen LogP contribution in [0.3, 0.4) is 0 Å². The molecule has 0 amide bonds. The minimum Gasteiger partial charge on any atom is -0.497 e. The van der Waals surface area contributed by atoms with Crippen LogP contribution in [0.15, 0.2) is 24.4 Å². The van der Waals surface area contributed by atoms with Crippen LogP contribution in [0.2, 0.25) is 0 Å². The van der Waals surface area contributed by atoms with Gasteiger partial charge in [-0.25, -0.2) is 0 Å². The standard InChI is InChI=1S/C16H20N2O3/c1-4-13-12(9-18(2)17-13)16-8-14(19)11-7-10(20-3)5-6-15(11)21-16/h5-7,9,14,16,19H,4,8H2,1-3H3/t14-,16?/m0/s1. The summed E-state index contributed by atoms with van der Waals surface area (Å²) in [6, 6.07) is 5.53. The van der Waals surface area contributed by atoms with Crippen molar-refractivity contribution < 1.29 is 14.6 Å². The second-order valence-corrected chi connectivity index (χ2v) is 5.32.